The summed E-state index contributed by atoms with van der Waals surface area (Å²) < 4.78 is 0. The zero-order valence-electron chi connectivity index (χ0n) is 12.1. The molecule has 23 heavy (non-hydrogen) atoms. The fourth-order valence-corrected chi connectivity index (χ4v) is 2.25. The van der Waals surface area contributed by atoms with Crippen molar-refractivity contribution in [3.05, 3.63) is 73.2 Å². The average Bonchev–Trinajstić information content (AvgIpc) is 3.14. The highest BCUT2D eigenvalue weighted by Crippen LogP contribution is 2.20. The van der Waals surface area contributed by atoms with Gasteiger partial charge in [0, 0.05) is 18.6 Å². The molecular formula is C17H12N6. The molecule has 0 aliphatic rings. The highest BCUT2D eigenvalue weighted by molar-refractivity contribution is 5.63. The van der Waals surface area contributed by atoms with Gasteiger partial charge in [-0.1, -0.05) is 18.2 Å². The largest absolute Gasteiger partial charge is 0.265 e. The monoisotopic (exact) mass is 300 g/mol. The summed E-state index contributed by atoms with van der Waals surface area (Å²) in [5.74, 6) is 0.504. The molecule has 4 aromatic rings. The third-order valence-corrected chi connectivity index (χ3v) is 3.42. The van der Waals surface area contributed by atoms with Gasteiger partial charge in [-0.3, -0.25) is 9.97 Å². The Labute approximate surface area is 132 Å². The standard InChI is InChI=1S/C17H12N6/c1-2-10-19-16(3-1)17-20-22-23(21-17)15-6-4-13(5-7-15)14-8-11-18-12-9-14/h1-12H. The van der Waals surface area contributed by atoms with Crippen molar-refractivity contribution in [3.63, 3.8) is 0 Å². The summed E-state index contributed by atoms with van der Waals surface area (Å²) >= 11 is 0. The van der Waals surface area contributed by atoms with E-state index in [0.717, 1.165) is 16.8 Å². The fraction of sp³-hybridized carbons (Fsp3) is 0. The third-order valence-electron chi connectivity index (χ3n) is 3.42. The average molecular weight is 300 g/mol. The molecule has 0 unspecified atom stereocenters. The second-order valence-corrected chi connectivity index (χ2v) is 4.90. The molecule has 6 heteroatoms. The van der Waals surface area contributed by atoms with E-state index in [4.69, 9.17) is 0 Å². The minimum Gasteiger partial charge on any atom is -0.265 e. The Bertz CT molecular complexity index is 901. The quantitative estimate of drug-likeness (QED) is 0.582. The Morgan fingerprint density at radius 1 is 0.739 bits per heavy atom. The Balaban J connectivity index is 1.63. The number of benzene rings is 1. The topological polar surface area (TPSA) is 69.4 Å². The molecule has 110 valence electrons. The van der Waals surface area contributed by atoms with Gasteiger partial charge in [0.1, 0.15) is 5.69 Å². The molecule has 0 N–H and O–H groups in total. The number of aromatic nitrogens is 6. The van der Waals surface area contributed by atoms with Crippen molar-refractivity contribution >= 4 is 0 Å². The van der Waals surface area contributed by atoms with E-state index in [1.54, 1.807) is 18.6 Å². The molecule has 4 rings (SSSR count). The number of rotatable bonds is 3. The summed E-state index contributed by atoms with van der Waals surface area (Å²) in [4.78, 5) is 9.76. The molecule has 6 nitrogen and oxygen atoms in total. The summed E-state index contributed by atoms with van der Waals surface area (Å²) in [6.45, 7) is 0. The number of hydrogen-bond donors (Lipinski definition) is 0. The Morgan fingerprint density at radius 3 is 2.26 bits per heavy atom. The molecule has 0 bridgehead atoms. The van der Waals surface area contributed by atoms with Crippen LogP contribution in [0.15, 0.2) is 73.2 Å². The molecule has 0 aliphatic heterocycles. The molecule has 0 radical (unpaired) electrons. The molecule has 3 heterocycles. The highest BCUT2D eigenvalue weighted by atomic mass is 15.6. The van der Waals surface area contributed by atoms with E-state index in [9.17, 15) is 0 Å². The van der Waals surface area contributed by atoms with Crippen molar-refractivity contribution < 1.29 is 0 Å². The van der Waals surface area contributed by atoms with E-state index >= 15 is 0 Å². The van der Waals surface area contributed by atoms with Crippen LogP contribution in [-0.4, -0.2) is 30.2 Å². The van der Waals surface area contributed by atoms with Crippen LogP contribution in [-0.2, 0) is 0 Å². The van der Waals surface area contributed by atoms with Crippen molar-refractivity contribution in [1.82, 2.24) is 30.2 Å². The van der Waals surface area contributed by atoms with Crippen molar-refractivity contribution in [2.75, 3.05) is 0 Å². The van der Waals surface area contributed by atoms with Gasteiger partial charge in [0.25, 0.3) is 0 Å². The second-order valence-electron chi connectivity index (χ2n) is 4.90. The van der Waals surface area contributed by atoms with Crippen LogP contribution < -0.4 is 0 Å². The van der Waals surface area contributed by atoms with Gasteiger partial charge in [0.2, 0.25) is 5.82 Å². The summed E-state index contributed by atoms with van der Waals surface area (Å²) in [5.41, 5.74) is 3.78. The van der Waals surface area contributed by atoms with Gasteiger partial charge in [-0.05, 0) is 52.7 Å². The molecule has 0 fully saturated rings. The molecule has 0 saturated heterocycles. The first-order valence-corrected chi connectivity index (χ1v) is 7.12. The lowest BCUT2D eigenvalue weighted by Crippen LogP contribution is -1.98. The van der Waals surface area contributed by atoms with Gasteiger partial charge < -0.3 is 0 Å². The number of pyridine rings is 2. The first kappa shape index (κ1) is 13.3. The van der Waals surface area contributed by atoms with Gasteiger partial charge in [-0.2, -0.15) is 0 Å². The van der Waals surface area contributed by atoms with E-state index in [1.807, 2.05) is 54.6 Å². The second kappa shape index (κ2) is 5.76. The molecule has 0 aliphatic carbocycles. The smallest absolute Gasteiger partial charge is 0.223 e. The zero-order valence-corrected chi connectivity index (χ0v) is 12.1. The molecule has 0 spiro atoms. The molecular weight excluding hydrogens is 288 g/mol. The summed E-state index contributed by atoms with van der Waals surface area (Å²) in [7, 11) is 0. The van der Waals surface area contributed by atoms with E-state index in [-0.39, 0.29) is 0 Å². The van der Waals surface area contributed by atoms with Crippen LogP contribution >= 0.6 is 0 Å². The Hall–Kier alpha value is -3.41. The van der Waals surface area contributed by atoms with Gasteiger partial charge in [-0.25, -0.2) is 0 Å². The molecule has 0 amide bonds. The van der Waals surface area contributed by atoms with Crippen LogP contribution in [0.25, 0.3) is 28.3 Å². The Kier molecular flexibility index (Phi) is 3.32. The molecule has 0 saturated carbocycles. The number of nitrogens with zero attached hydrogens (tertiary/aromatic N) is 6. The van der Waals surface area contributed by atoms with E-state index in [0.29, 0.717) is 11.5 Å². The maximum atomic E-state index is 4.38. The van der Waals surface area contributed by atoms with Crippen LogP contribution in [0.2, 0.25) is 0 Å². The van der Waals surface area contributed by atoms with Crippen molar-refractivity contribution in [3.8, 4) is 28.3 Å². The van der Waals surface area contributed by atoms with Crippen LogP contribution in [0.1, 0.15) is 0 Å². The van der Waals surface area contributed by atoms with Crippen LogP contribution in [0.4, 0.5) is 0 Å². The predicted molar refractivity (Wildman–Crippen MR) is 85.6 cm³/mol. The maximum Gasteiger partial charge on any atom is 0.223 e. The van der Waals surface area contributed by atoms with Gasteiger partial charge in [-0.15, -0.1) is 15.0 Å². The first-order chi connectivity index (χ1) is 11.4. The van der Waals surface area contributed by atoms with Crippen molar-refractivity contribution in [1.29, 1.82) is 0 Å². The SMILES string of the molecule is c1ccc(-c2nnn(-c3ccc(-c4ccncc4)cc3)n2)nc1. The molecule has 0 atom stereocenters. The summed E-state index contributed by atoms with van der Waals surface area (Å²) in [6, 6.07) is 17.5. The van der Waals surface area contributed by atoms with Gasteiger partial charge in [0.05, 0.1) is 5.69 Å². The lowest BCUT2D eigenvalue weighted by atomic mass is 10.1. The minimum absolute atomic E-state index is 0.504. The maximum absolute atomic E-state index is 4.38. The van der Waals surface area contributed by atoms with Crippen LogP contribution in [0.3, 0.4) is 0 Å². The molecule has 1 aromatic carbocycles. The lowest BCUT2D eigenvalue weighted by molar-refractivity contribution is 0.720. The van der Waals surface area contributed by atoms with Crippen LogP contribution in [0.5, 0.6) is 0 Å². The number of hydrogen-bond acceptors (Lipinski definition) is 5. The lowest BCUT2D eigenvalue weighted by Gasteiger charge is -2.02. The van der Waals surface area contributed by atoms with Gasteiger partial charge >= 0.3 is 0 Å². The van der Waals surface area contributed by atoms with Crippen molar-refractivity contribution in [2.24, 2.45) is 0 Å². The van der Waals surface area contributed by atoms with Gasteiger partial charge in [0.15, 0.2) is 0 Å². The normalized spacial score (nSPS) is 10.6. The fourth-order valence-electron chi connectivity index (χ4n) is 2.25. The van der Waals surface area contributed by atoms with Crippen LogP contribution in [0, 0.1) is 0 Å². The first-order valence-electron chi connectivity index (χ1n) is 7.12. The summed E-state index contributed by atoms with van der Waals surface area (Å²) in [5, 5.41) is 12.5. The highest BCUT2D eigenvalue weighted by Gasteiger charge is 2.08. The predicted octanol–water partition coefficient (Wildman–Crippen LogP) is 2.79. The van der Waals surface area contributed by atoms with E-state index in [1.165, 1.54) is 4.80 Å². The number of tetrazole rings is 1. The zero-order chi connectivity index (χ0) is 15.5. The third kappa shape index (κ3) is 2.69. The van der Waals surface area contributed by atoms with Crippen molar-refractivity contribution in [2.45, 2.75) is 0 Å². The Morgan fingerprint density at radius 2 is 1.52 bits per heavy atom. The molecule has 3 aromatic heterocycles. The van der Waals surface area contributed by atoms with E-state index in [2.05, 4.69) is 25.4 Å². The summed E-state index contributed by atoms with van der Waals surface area (Å²) in [6.07, 6.45) is 5.27. The minimum atomic E-state index is 0.504. The van der Waals surface area contributed by atoms with E-state index < -0.39 is 0 Å².